The molecule has 0 saturated carbocycles. The van der Waals surface area contributed by atoms with Gasteiger partial charge in [-0.15, -0.1) is 0 Å². The lowest BCUT2D eigenvalue weighted by atomic mass is 10.1. The van der Waals surface area contributed by atoms with Gasteiger partial charge >= 0.3 is 17.9 Å². The third-order valence-electron chi connectivity index (χ3n) is 9.62. The Labute approximate surface area is 343 Å². The normalized spacial score (nSPS) is 13.2. The van der Waals surface area contributed by atoms with Crippen LogP contribution in [-0.4, -0.2) is 87.4 Å². The molecule has 0 fully saturated rings. The molecule has 0 rings (SSSR count). The molecule has 9 nitrogen and oxygen atoms in total. The van der Waals surface area contributed by atoms with Gasteiger partial charge in [-0.2, -0.15) is 0 Å². The lowest BCUT2D eigenvalue weighted by Gasteiger charge is -2.25. The number of rotatable bonds is 41. The van der Waals surface area contributed by atoms with E-state index >= 15 is 0 Å². The molecule has 0 aliphatic carbocycles. The predicted molar refractivity (Wildman–Crippen MR) is 230 cm³/mol. The van der Waals surface area contributed by atoms with E-state index in [9.17, 15) is 19.5 Å². The summed E-state index contributed by atoms with van der Waals surface area (Å²) < 4.78 is 22.7. The number of carbonyl (C=O) groups excluding carboxylic acids is 2. The molecule has 0 radical (unpaired) electrons. The molecule has 0 heterocycles. The molecule has 0 aromatic carbocycles. The van der Waals surface area contributed by atoms with Gasteiger partial charge < -0.3 is 28.5 Å². The van der Waals surface area contributed by atoms with Gasteiger partial charge in [0, 0.05) is 12.8 Å². The van der Waals surface area contributed by atoms with Crippen LogP contribution in [0.4, 0.5) is 0 Å². The van der Waals surface area contributed by atoms with E-state index < -0.39 is 24.3 Å². The van der Waals surface area contributed by atoms with Gasteiger partial charge in [0.1, 0.15) is 13.2 Å². The molecule has 0 aromatic heterocycles. The highest BCUT2D eigenvalue weighted by Gasteiger charge is 2.25. The highest BCUT2D eigenvalue weighted by molar-refractivity contribution is 5.71. The van der Waals surface area contributed by atoms with Gasteiger partial charge in [0.05, 0.1) is 34.4 Å². The average Bonchev–Trinajstić information content (AvgIpc) is 3.15. The standard InChI is InChI=1S/C47H85NO8/c1-6-8-10-12-14-16-18-20-22-23-24-26-28-30-32-34-36-38-45(50)56-43(42-55-47(46(51)52)53-40-39-48(3,4)5)41-54-44(49)37-35-33-31-29-27-25-21-19-17-15-13-11-9-7-2/h14,16,19-22,43,47H,6-13,15,17-18,23-42H2,1-5H3/p+1/b16-14-,21-19-,22-20-. The fraction of sp³-hybridized carbons (Fsp3) is 0.809. The van der Waals surface area contributed by atoms with Crippen LogP contribution in [0, 0.1) is 0 Å². The smallest absolute Gasteiger partial charge is 0.361 e. The number of hydrogen-bond acceptors (Lipinski definition) is 7. The van der Waals surface area contributed by atoms with Crippen LogP contribution in [0.2, 0.25) is 0 Å². The van der Waals surface area contributed by atoms with Gasteiger partial charge in [-0.25, -0.2) is 4.79 Å². The molecule has 56 heavy (non-hydrogen) atoms. The molecule has 1 N–H and O–H groups in total. The van der Waals surface area contributed by atoms with Crippen molar-refractivity contribution in [3.8, 4) is 0 Å². The minimum atomic E-state index is -1.51. The van der Waals surface area contributed by atoms with Gasteiger partial charge in [0.25, 0.3) is 6.29 Å². The number of hydrogen-bond donors (Lipinski definition) is 1. The Morgan fingerprint density at radius 1 is 0.536 bits per heavy atom. The minimum Gasteiger partial charge on any atom is -0.477 e. The van der Waals surface area contributed by atoms with Crippen molar-refractivity contribution in [3.05, 3.63) is 36.5 Å². The van der Waals surface area contributed by atoms with Crippen molar-refractivity contribution in [1.82, 2.24) is 0 Å². The number of unbranched alkanes of at least 4 members (excludes halogenated alkanes) is 20. The SMILES string of the molecule is CCCCC/C=C\C/C=C\CCCCCCCCCC(=O)OC(COC(=O)CCCCCCC/C=C\CCCCCCC)COC(OCC[N+](C)(C)C)C(=O)O. The highest BCUT2D eigenvalue weighted by Crippen LogP contribution is 2.13. The van der Waals surface area contributed by atoms with Gasteiger partial charge in [-0.3, -0.25) is 9.59 Å². The first kappa shape index (κ1) is 53.5. The second-order valence-corrected chi connectivity index (χ2v) is 16.4. The van der Waals surface area contributed by atoms with E-state index in [1.54, 1.807) is 0 Å². The van der Waals surface area contributed by atoms with Gasteiger partial charge in [-0.05, 0) is 70.6 Å². The molecule has 9 heteroatoms. The van der Waals surface area contributed by atoms with E-state index in [4.69, 9.17) is 18.9 Å². The number of allylic oxidation sites excluding steroid dienone is 6. The topological polar surface area (TPSA) is 108 Å². The van der Waals surface area contributed by atoms with Crippen molar-refractivity contribution in [2.45, 2.75) is 200 Å². The number of carboxylic acid groups (broad SMARTS) is 1. The van der Waals surface area contributed by atoms with E-state index in [0.717, 1.165) is 70.6 Å². The Kier molecular flexibility index (Phi) is 37.6. The monoisotopic (exact) mass is 793 g/mol. The number of nitrogens with zero attached hydrogens (tertiary/aromatic N) is 1. The van der Waals surface area contributed by atoms with E-state index in [2.05, 4.69) is 50.3 Å². The van der Waals surface area contributed by atoms with Crippen LogP contribution in [0.25, 0.3) is 0 Å². The fourth-order valence-electron chi connectivity index (χ4n) is 6.04. The lowest BCUT2D eigenvalue weighted by molar-refractivity contribution is -0.870. The number of quaternary nitrogens is 1. The Balaban J connectivity index is 4.46. The molecular formula is C47H86NO8+. The maximum atomic E-state index is 12.8. The number of esters is 2. The van der Waals surface area contributed by atoms with Crippen LogP contribution < -0.4 is 0 Å². The maximum Gasteiger partial charge on any atom is 0.361 e. The number of aliphatic carboxylic acids is 1. The average molecular weight is 793 g/mol. The second-order valence-electron chi connectivity index (χ2n) is 16.4. The van der Waals surface area contributed by atoms with Crippen molar-refractivity contribution in [2.24, 2.45) is 0 Å². The van der Waals surface area contributed by atoms with Gasteiger partial charge in [0.15, 0.2) is 6.10 Å². The Hall–Kier alpha value is -2.49. The largest absolute Gasteiger partial charge is 0.477 e. The van der Waals surface area contributed by atoms with Crippen LogP contribution in [0.5, 0.6) is 0 Å². The summed E-state index contributed by atoms with van der Waals surface area (Å²) in [7, 11) is 5.95. The summed E-state index contributed by atoms with van der Waals surface area (Å²) >= 11 is 0. The summed E-state index contributed by atoms with van der Waals surface area (Å²) in [5.74, 6) is -2.03. The van der Waals surface area contributed by atoms with E-state index in [-0.39, 0.29) is 32.2 Å². The zero-order chi connectivity index (χ0) is 41.4. The molecule has 2 atom stereocenters. The summed E-state index contributed by atoms with van der Waals surface area (Å²) in [5.41, 5.74) is 0. The Morgan fingerprint density at radius 2 is 0.964 bits per heavy atom. The van der Waals surface area contributed by atoms with E-state index in [1.807, 2.05) is 21.1 Å². The van der Waals surface area contributed by atoms with Crippen LogP contribution in [-0.2, 0) is 33.3 Å². The first-order valence-corrected chi connectivity index (χ1v) is 22.7. The number of ether oxygens (including phenoxy) is 4. The third-order valence-corrected chi connectivity index (χ3v) is 9.62. The molecule has 0 aliphatic heterocycles. The molecule has 0 aromatic rings. The van der Waals surface area contributed by atoms with Crippen molar-refractivity contribution in [1.29, 1.82) is 0 Å². The molecule has 0 aliphatic rings. The third kappa shape index (κ3) is 39.7. The summed E-state index contributed by atoms with van der Waals surface area (Å²) in [6.45, 7) is 4.81. The first-order valence-electron chi connectivity index (χ1n) is 22.7. The predicted octanol–water partition coefficient (Wildman–Crippen LogP) is 11.8. The maximum absolute atomic E-state index is 12.8. The number of carboxylic acids is 1. The summed E-state index contributed by atoms with van der Waals surface area (Å²) in [5, 5.41) is 9.63. The lowest BCUT2D eigenvalue weighted by Crippen LogP contribution is -2.40. The van der Waals surface area contributed by atoms with E-state index in [1.165, 1.54) is 83.5 Å². The summed E-state index contributed by atoms with van der Waals surface area (Å²) in [4.78, 5) is 37.1. The van der Waals surface area contributed by atoms with Crippen LogP contribution in [0.15, 0.2) is 36.5 Å². The van der Waals surface area contributed by atoms with Gasteiger partial charge in [-0.1, -0.05) is 140 Å². The zero-order valence-corrected chi connectivity index (χ0v) is 36.8. The second kappa shape index (κ2) is 39.3. The van der Waals surface area contributed by atoms with Crippen LogP contribution in [0.3, 0.4) is 0 Å². The summed E-state index contributed by atoms with van der Waals surface area (Å²) in [6, 6.07) is 0. The molecule has 0 bridgehead atoms. The molecule has 0 saturated heterocycles. The van der Waals surface area contributed by atoms with E-state index in [0.29, 0.717) is 23.9 Å². The van der Waals surface area contributed by atoms with Crippen molar-refractivity contribution >= 4 is 17.9 Å². The molecule has 326 valence electrons. The number of carbonyl (C=O) groups is 3. The van der Waals surface area contributed by atoms with Gasteiger partial charge in [0.2, 0.25) is 0 Å². The Morgan fingerprint density at radius 3 is 1.46 bits per heavy atom. The Bertz CT molecular complexity index is 1020. The molecular weight excluding hydrogens is 707 g/mol. The van der Waals surface area contributed by atoms with Crippen molar-refractivity contribution in [3.63, 3.8) is 0 Å². The highest BCUT2D eigenvalue weighted by atomic mass is 16.7. The molecule has 2 unspecified atom stereocenters. The zero-order valence-electron chi connectivity index (χ0n) is 36.8. The summed E-state index contributed by atoms with van der Waals surface area (Å²) in [6.07, 6.45) is 40.5. The van der Waals surface area contributed by atoms with Crippen LogP contribution >= 0.6 is 0 Å². The number of likely N-dealkylation sites (N-methyl/N-ethyl adjacent to an activating group) is 1. The minimum absolute atomic E-state index is 0.184. The molecule has 0 spiro atoms. The fourth-order valence-corrected chi connectivity index (χ4v) is 6.04. The quantitative estimate of drug-likeness (QED) is 0.0214. The van der Waals surface area contributed by atoms with Crippen molar-refractivity contribution in [2.75, 3.05) is 47.5 Å². The van der Waals surface area contributed by atoms with Crippen LogP contribution in [0.1, 0.15) is 187 Å². The first-order chi connectivity index (χ1) is 27.1. The van der Waals surface area contributed by atoms with Crippen molar-refractivity contribution < 1.29 is 42.9 Å². The molecule has 0 amide bonds.